The molecule has 2 heterocycles. The molecule has 31 heavy (non-hydrogen) atoms. The number of carbonyl (C=O) groups excluding carboxylic acids is 1. The minimum Gasteiger partial charge on any atom is -0.312 e. The van der Waals surface area contributed by atoms with Gasteiger partial charge in [0.15, 0.2) is 0 Å². The summed E-state index contributed by atoms with van der Waals surface area (Å²) in [6, 6.07) is 17.9. The van der Waals surface area contributed by atoms with Crippen LogP contribution in [0.5, 0.6) is 0 Å². The molecule has 0 aliphatic carbocycles. The Balaban J connectivity index is 0.00000272. The van der Waals surface area contributed by atoms with Crippen LogP contribution in [0.1, 0.15) is 31.9 Å². The third-order valence-electron chi connectivity index (χ3n) is 5.06. The van der Waals surface area contributed by atoms with Gasteiger partial charge >= 0.3 is 0 Å². The molecule has 3 aromatic rings. The highest BCUT2D eigenvalue weighted by Gasteiger charge is 2.25. The zero-order chi connectivity index (χ0) is 21.1. The van der Waals surface area contributed by atoms with Crippen molar-refractivity contribution in [1.29, 1.82) is 5.26 Å². The number of nitrogens with one attached hydrogen (secondary N) is 1. The van der Waals surface area contributed by atoms with E-state index in [0.29, 0.717) is 16.1 Å². The van der Waals surface area contributed by atoms with E-state index in [0.717, 1.165) is 36.5 Å². The number of fused-ring (bicyclic) bond motifs is 1. The van der Waals surface area contributed by atoms with Gasteiger partial charge in [0.1, 0.15) is 11.1 Å². The molecule has 1 N–H and O–H groups in total. The first-order valence-corrected chi connectivity index (χ1v) is 10.2. The first-order chi connectivity index (χ1) is 14.5. The molecule has 4 rings (SSSR count). The lowest BCUT2D eigenvalue weighted by Crippen LogP contribution is -2.29. The van der Waals surface area contributed by atoms with Crippen molar-refractivity contribution < 1.29 is 9.72 Å². The SMILES string of the molecule is Cl.N#Cc1c(NC(=O)c2ccc([N+](=O)[O-])cc2)sc2c1CCN(Cc1ccccc1)C2. The number of nitriles is 1. The minimum absolute atomic E-state index is 0. The van der Waals surface area contributed by atoms with Gasteiger partial charge in [-0.2, -0.15) is 5.26 Å². The number of nitro benzene ring substituents is 1. The molecular formula is C22H19ClN4O3S. The summed E-state index contributed by atoms with van der Waals surface area (Å²) in [6.07, 6.45) is 0.759. The van der Waals surface area contributed by atoms with Crippen LogP contribution < -0.4 is 5.32 Å². The van der Waals surface area contributed by atoms with Gasteiger partial charge < -0.3 is 5.32 Å². The predicted molar refractivity (Wildman–Crippen MR) is 122 cm³/mol. The van der Waals surface area contributed by atoms with E-state index in [2.05, 4.69) is 28.4 Å². The average Bonchev–Trinajstić information content (AvgIpc) is 3.10. The van der Waals surface area contributed by atoms with Crippen molar-refractivity contribution in [3.63, 3.8) is 0 Å². The second kappa shape index (κ2) is 9.71. The summed E-state index contributed by atoms with van der Waals surface area (Å²) in [7, 11) is 0. The molecule has 0 atom stereocenters. The molecule has 0 unspecified atom stereocenters. The van der Waals surface area contributed by atoms with E-state index in [1.54, 1.807) is 0 Å². The molecule has 1 aliphatic heterocycles. The topological polar surface area (TPSA) is 99.3 Å². The Kier molecular flexibility index (Phi) is 7.02. The van der Waals surface area contributed by atoms with Gasteiger partial charge in [-0.15, -0.1) is 23.7 Å². The van der Waals surface area contributed by atoms with Gasteiger partial charge in [0.2, 0.25) is 0 Å². The highest BCUT2D eigenvalue weighted by atomic mass is 35.5. The van der Waals surface area contributed by atoms with Crippen molar-refractivity contribution in [2.45, 2.75) is 19.5 Å². The Morgan fingerprint density at radius 2 is 1.90 bits per heavy atom. The van der Waals surface area contributed by atoms with Gasteiger partial charge in [0, 0.05) is 42.2 Å². The molecule has 0 fully saturated rings. The number of anilines is 1. The Morgan fingerprint density at radius 1 is 1.19 bits per heavy atom. The number of amides is 1. The van der Waals surface area contributed by atoms with Crippen LogP contribution in [0.2, 0.25) is 0 Å². The second-order valence-electron chi connectivity index (χ2n) is 7.02. The van der Waals surface area contributed by atoms with Crippen LogP contribution in [0.15, 0.2) is 54.6 Å². The molecule has 9 heteroatoms. The number of halogens is 1. The maximum atomic E-state index is 12.6. The van der Waals surface area contributed by atoms with E-state index in [9.17, 15) is 20.2 Å². The fourth-order valence-electron chi connectivity index (χ4n) is 3.55. The number of hydrogen-bond acceptors (Lipinski definition) is 6. The summed E-state index contributed by atoms with van der Waals surface area (Å²) in [4.78, 5) is 26.3. The highest BCUT2D eigenvalue weighted by molar-refractivity contribution is 7.16. The Hall–Kier alpha value is -3.25. The number of rotatable bonds is 5. The first kappa shape index (κ1) is 22.4. The standard InChI is InChI=1S/C22H18N4O3S.ClH/c23-12-19-18-10-11-25(13-15-4-2-1-3-5-15)14-20(18)30-22(19)24-21(27)16-6-8-17(9-7-16)26(28)29;/h1-9H,10-11,13-14H2,(H,24,27);1H. The van der Waals surface area contributed by atoms with Crippen molar-refractivity contribution in [2.24, 2.45) is 0 Å². The van der Waals surface area contributed by atoms with Gasteiger partial charge in [-0.3, -0.25) is 19.8 Å². The van der Waals surface area contributed by atoms with Gasteiger partial charge in [-0.1, -0.05) is 30.3 Å². The molecular weight excluding hydrogens is 436 g/mol. The lowest BCUT2D eigenvalue weighted by Gasteiger charge is -2.26. The summed E-state index contributed by atoms with van der Waals surface area (Å²) in [5, 5.41) is 23.8. The maximum absolute atomic E-state index is 12.6. The van der Waals surface area contributed by atoms with Crippen LogP contribution in [0, 0.1) is 21.4 Å². The first-order valence-electron chi connectivity index (χ1n) is 9.42. The molecule has 2 aromatic carbocycles. The monoisotopic (exact) mass is 454 g/mol. The van der Waals surface area contributed by atoms with Crippen molar-refractivity contribution in [2.75, 3.05) is 11.9 Å². The largest absolute Gasteiger partial charge is 0.312 e. The molecule has 7 nitrogen and oxygen atoms in total. The Bertz CT molecular complexity index is 1140. The quantitative estimate of drug-likeness (QED) is 0.442. The number of hydrogen-bond donors (Lipinski definition) is 1. The van der Waals surface area contributed by atoms with Crippen LogP contribution in [0.4, 0.5) is 10.7 Å². The average molecular weight is 455 g/mol. The van der Waals surface area contributed by atoms with E-state index in [4.69, 9.17) is 0 Å². The number of nitrogens with zero attached hydrogens (tertiary/aromatic N) is 3. The molecule has 0 spiro atoms. The zero-order valence-electron chi connectivity index (χ0n) is 16.4. The van der Waals surface area contributed by atoms with Gasteiger partial charge in [-0.05, 0) is 29.7 Å². The van der Waals surface area contributed by atoms with Gasteiger partial charge in [0.05, 0.1) is 10.5 Å². The summed E-state index contributed by atoms with van der Waals surface area (Å²) >= 11 is 1.43. The zero-order valence-corrected chi connectivity index (χ0v) is 18.0. The van der Waals surface area contributed by atoms with Crippen molar-refractivity contribution >= 4 is 40.3 Å². The molecule has 0 saturated carbocycles. The number of non-ortho nitro benzene ring substituents is 1. The summed E-state index contributed by atoms with van der Waals surface area (Å²) in [5.41, 5.74) is 3.00. The number of nitro groups is 1. The van der Waals surface area contributed by atoms with Crippen LogP contribution in [0.25, 0.3) is 0 Å². The van der Waals surface area contributed by atoms with Crippen molar-refractivity contribution in [3.05, 3.63) is 91.8 Å². The predicted octanol–water partition coefficient (Wildman–Crippen LogP) is 4.76. The van der Waals surface area contributed by atoms with Crippen LogP contribution in [-0.2, 0) is 19.5 Å². The van der Waals surface area contributed by atoms with Crippen molar-refractivity contribution in [1.82, 2.24) is 4.90 Å². The highest BCUT2D eigenvalue weighted by Crippen LogP contribution is 2.37. The van der Waals surface area contributed by atoms with E-state index in [-0.39, 0.29) is 24.0 Å². The maximum Gasteiger partial charge on any atom is 0.269 e. The van der Waals surface area contributed by atoms with E-state index >= 15 is 0 Å². The minimum atomic E-state index is -0.510. The smallest absolute Gasteiger partial charge is 0.269 e. The summed E-state index contributed by atoms with van der Waals surface area (Å²) in [6.45, 7) is 2.42. The van der Waals surface area contributed by atoms with Crippen LogP contribution >= 0.6 is 23.7 Å². The molecule has 1 aliphatic rings. The molecule has 0 bridgehead atoms. The van der Waals surface area contributed by atoms with E-state index < -0.39 is 4.92 Å². The summed E-state index contributed by atoms with van der Waals surface area (Å²) in [5.74, 6) is -0.388. The van der Waals surface area contributed by atoms with E-state index in [1.165, 1.54) is 41.2 Å². The summed E-state index contributed by atoms with van der Waals surface area (Å²) < 4.78 is 0. The molecule has 1 amide bonds. The molecule has 1 aromatic heterocycles. The third-order valence-corrected chi connectivity index (χ3v) is 6.20. The van der Waals surface area contributed by atoms with Gasteiger partial charge in [-0.25, -0.2) is 0 Å². The van der Waals surface area contributed by atoms with E-state index in [1.807, 2.05) is 18.2 Å². The van der Waals surface area contributed by atoms with Crippen LogP contribution in [0.3, 0.4) is 0 Å². The van der Waals surface area contributed by atoms with Crippen LogP contribution in [-0.4, -0.2) is 22.3 Å². The lowest BCUT2D eigenvalue weighted by atomic mass is 10.0. The third kappa shape index (κ3) is 4.91. The molecule has 0 saturated heterocycles. The number of benzene rings is 2. The fraction of sp³-hybridized carbons (Fsp3) is 0.182. The molecule has 0 radical (unpaired) electrons. The fourth-order valence-corrected chi connectivity index (χ4v) is 4.78. The lowest BCUT2D eigenvalue weighted by molar-refractivity contribution is -0.384. The van der Waals surface area contributed by atoms with Gasteiger partial charge in [0.25, 0.3) is 11.6 Å². The second-order valence-corrected chi connectivity index (χ2v) is 8.13. The Labute approximate surface area is 189 Å². The normalized spacial score (nSPS) is 12.9. The van der Waals surface area contributed by atoms with Crippen molar-refractivity contribution in [3.8, 4) is 6.07 Å². The Morgan fingerprint density at radius 3 is 2.55 bits per heavy atom. The molecule has 158 valence electrons. The number of thiophene rings is 1. The number of carbonyl (C=O) groups is 1.